The van der Waals surface area contributed by atoms with Crippen LogP contribution in [-0.4, -0.2) is 19.2 Å². The van der Waals surface area contributed by atoms with Crippen LogP contribution in [0.25, 0.3) is 0 Å². The summed E-state index contributed by atoms with van der Waals surface area (Å²) >= 11 is 0. The summed E-state index contributed by atoms with van der Waals surface area (Å²) in [6.07, 6.45) is 0. The fourth-order valence-corrected chi connectivity index (χ4v) is 3.57. The molecule has 0 fully saturated rings. The van der Waals surface area contributed by atoms with E-state index >= 15 is 0 Å². The maximum Gasteiger partial charge on any atom is 0.123 e. The number of nitrogens with zero attached hydrogens (tertiary/aromatic N) is 1. The van der Waals surface area contributed by atoms with E-state index in [1.165, 1.54) is 22.1 Å². The zero-order valence-corrected chi connectivity index (χ0v) is 12.9. The predicted molar refractivity (Wildman–Crippen MR) is 85.9 cm³/mol. The van der Waals surface area contributed by atoms with Crippen molar-refractivity contribution in [3.8, 4) is 5.75 Å². The maximum absolute atomic E-state index is 10.0. The Morgan fingerprint density at radius 3 is 2.47 bits per heavy atom. The Morgan fingerprint density at radius 2 is 1.79 bits per heavy atom. The van der Waals surface area contributed by atoms with Crippen molar-refractivity contribution in [3.63, 3.8) is 0 Å². The van der Waals surface area contributed by atoms with E-state index in [2.05, 4.69) is 57.1 Å². The van der Waals surface area contributed by atoms with Crippen molar-refractivity contribution in [2.75, 3.05) is 19.0 Å². The summed E-state index contributed by atoms with van der Waals surface area (Å²) in [4.78, 5) is 2.13. The van der Waals surface area contributed by atoms with Crippen LogP contribution in [0.4, 0.5) is 5.69 Å². The molecule has 1 unspecified atom stereocenters. The molecule has 1 N–H and O–H groups in total. The topological polar surface area (TPSA) is 23.5 Å². The van der Waals surface area contributed by atoms with Gasteiger partial charge in [-0.3, -0.25) is 0 Å². The molecular weight excluding hydrogens is 253 g/mol. The Hall–Kier alpha value is -1.53. The quantitative estimate of drug-likeness (QED) is 0.869. The highest BCUT2D eigenvalue weighted by molar-refractivity contribution is 7.56. The van der Waals surface area contributed by atoms with Crippen molar-refractivity contribution in [1.29, 1.82) is 0 Å². The molecule has 0 aliphatic heterocycles. The van der Waals surface area contributed by atoms with Gasteiger partial charge in [-0.1, -0.05) is 32.3 Å². The third-order valence-corrected chi connectivity index (χ3v) is 4.71. The first-order chi connectivity index (χ1) is 8.99. The number of aryl methyl sites for hydroxylation is 2. The fourth-order valence-electron chi connectivity index (χ4n) is 2.07. The van der Waals surface area contributed by atoms with Gasteiger partial charge in [-0.2, -0.15) is 0 Å². The minimum Gasteiger partial charge on any atom is -0.507 e. The second kappa shape index (κ2) is 5.63. The van der Waals surface area contributed by atoms with Crippen LogP contribution in [0.2, 0.25) is 0 Å². The monoisotopic (exact) mass is 273 g/mol. The molecule has 2 aromatic rings. The van der Waals surface area contributed by atoms with Crippen LogP contribution < -0.4 is 15.5 Å². The number of rotatable bonds is 3. The highest BCUT2D eigenvalue weighted by atomic mass is 31.1. The van der Waals surface area contributed by atoms with E-state index in [4.69, 9.17) is 0 Å². The molecular formula is C16H20NOP. The molecule has 0 amide bonds. The van der Waals surface area contributed by atoms with Gasteiger partial charge in [-0.05, 0) is 37.6 Å². The summed E-state index contributed by atoms with van der Waals surface area (Å²) in [6, 6.07) is 12.1. The summed E-state index contributed by atoms with van der Waals surface area (Å²) in [5, 5.41) is 12.3. The Labute approximate surface area is 116 Å². The molecule has 0 radical (unpaired) electrons. The van der Waals surface area contributed by atoms with Crippen LogP contribution in [-0.2, 0) is 0 Å². The summed E-state index contributed by atoms with van der Waals surface area (Å²) in [5.41, 5.74) is 3.67. The first-order valence-corrected chi connectivity index (χ1v) is 7.32. The van der Waals surface area contributed by atoms with E-state index in [1.54, 1.807) is 6.07 Å². The van der Waals surface area contributed by atoms with Crippen LogP contribution in [0, 0.1) is 13.8 Å². The molecule has 0 spiro atoms. The molecule has 0 heterocycles. The Morgan fingerprint density at radius 1 is 1.05 bits per heavy atom. The minimum absolute atomic E-state index is 0.386. The molecule has 0 aliphatic carbocycles. The van der Waals surface area contributed by atoms with Crippen molar-refractivity contribution in [1.82, 2.24) is 0 Å². The molecule has 0 saturated heterocycles. The van der Waals surface area contributed by atoms with E-state index in [0.29, 0.717) is 14.3 Å². The molecule has 19 heavy (non-hydrogen) atoms. The van der Waals surface area contributed by atoms with Crippen molar-refractivity contribution in [2.24, 2.45) is 0 Å². The molecule has 0 aliphatic rings. The molecule has 2 aromatic carbocycles. The van der Waals surface area contributed by atoms with Crippen LogP contribution in [0.5, 0.6) is 5.75 Å². The highest BCUT2D eigenvalue weighted by Crippen LogP contribution is 2.25. The number of phenols is 1. The van der Waals surface area contributed by atoms with Gasteiger partial charge in [0, 0.05) is 30.4 Å². The zero-order chi connectivity index (χ0) is 14.0. The van der Waals surface area contributed by atoms with Crippen molar-refractivity contribution >= 4 is 24.9 Å². The largest absolute Gasteiger partial charge is 0.507 e. The Balaban J connectivity index is 2.46. The van der Waals surface area contributed by atoms with Gasteiger partial charge in [0.25, 0.3) is 0 Å². The van der Waals surface area contributed by atoms with Crippen LogP contribution in [0.15, 0.2) is 36.4 Å². The number of hydrogen-bond acceptors (Lipinski definition) is 2. The van der Waals surface area contributed by atoms with Gasteiger partial charge in [0.15, 0.2) is 0 Å². The van der Waals surface area contributed by atoms with Gasteiger partial charge >= 0.3 is 0 Å². The first kappa shape index (κ1) is 13.9. The summed E-state index contributed by atoms with van der Waals surface area (Å²) in [7, 11) is 4.58. The third kappa shape index (κ3) is 3.08. The maximum atomic E-state index is 10.0. The molecule has 0 saturated carbocycles. The molecule has 1 atom stereocenters. The normalized spacial score (nSPS) is 11.2. The van der Waals surface area contributed by atoms with Gasteiger partial charge in [0.05, 0.1) is 0 Å². The predicted octanol–water partition coefficient (Wildman–Crippen LogP) is 2.70. The van der Waals surface area contributed by atoms with Gasteiger partial charge in [0.1, 0.15) is 5.75 Å². The molecule has 100 valence electrons. The van der Waals surface area contributed by atoms with Crippen molar-refractivity contribution < 1.29 is 5.11 Å². The van der Waals surface area contributed by atoms with Crippen LogP contribution in [0.3, 0.4) is 0 Å². The van der Waals surface area contributed by atoms with E-state index in [9.17, 15) is 5.11 Å². The molecule has 2 rings (SSSR count). The lowest BCUT2D eigenvalue weighted by Gasteiger charge is -2.19. The van der Waals surface area contributed by atoms with Gasteiger partial charge in [-0.25, -0.2) is 0 Å². The standard InChI is InChI=1S/C16H20NOP/c1-11-8-9-14(18)15(10-11)19-16-12(2)6-5-7-13(16)17(3)4/h5-10,18-19H,1-4H3. The van der Waals surface area contributed by atoms with Gasteiger partial charge < -0.3 is 10.0 Å². The van der Waals surface area contributed by atoms with Crippen LogP contribution in [0.1, 0.15) is 11.1 Å². The summed E-state index contributed by atoms with van der Waals surface area (Å²) < 4.78 is 0. The lowest BCUT2D eigenvalue weighted by molar-refractivity contribution is 0.479. The van der Waals surface area contributed by atoms with E-state index in [-0.39, 0.29) is 0 Å². The number of benzene rings is 2. The first-order valence-electron chi connectivity index (χ1n) is 6.32. The van der Waals surface area contributed by atoms with Gasteiger partial charge in [-0.15, -0.1) is 0 Å². The lowest BCUT2D eigenvalue weighted by Crippen LogP contribution is -2.19. The molecule has 3 heteroatoms. The number of phenolic OH excluding ortho intramolecular Hbond substituents is 1. The van der Waals surface area contributed by atoms with Crippen molar-refractivity contribution in [2.45, 2.75) is 13.8 Å². The van der Waals surface area contributed by atoms with E-state index in [1.807, 2.05) is 6.07 Å². The second-order valence-electron chi connectivity index (χ2n) is 5.01. The molecule has 0 bridgehead atoms. The second-order valence-corrected chi connectivity index (χ2v) is 6.30. The smallest absolute Gasteiger partial charge is 0.123 e. The molecule has 0 aromatic heterocycles. The summed E-state index contributed by atoms with van der Waals surface area (Å²) in [6.45, 7) is 4.18. The third-order valence-electron chi connectivity index (χ3n) is 3.14. The zero-order valence-electron chi connectivity index (χ0n) is 11.9. The summed E-state index contributed by atoms with van der Waals surface area (Å²) in [5.74, 6) is 0.386. The Kier molecular flexibility index (Phi) is 4.11. The SMILES string of the molecule is Cc1ccc(O)c(Pc2c(C)cccc2N(C)C)c1. The average Bonchev–Trinajstić information content (AvgIpc) is 2.35. The van der Waals surface area contributed by atoms with E-state index < -0.39 is 0 Å². The van der Waals surface area contributed by atoms with Gasteiger partial charge in [0.2, 0.25) is 0 Å². The number of aromatic hydroxyl groups is 1. The molecule has 2 nitrogen and oxygen atoms in total. The fraction of sp³-hybridized carbons (Fsp3) is 0.250. The minimum atomic E-state index is 0.386. The lowest BCUT2D eigenvalue weighted by atomic mass is 10.2. The van der Waals surface area contributed by atoms with Crippen molar-refractivity contribution in [3.05, 3.63) is 47.5 Å². The number of hydrogen-bond donors (Lipinski definition) is 1. The van der Waals surface area contributed by atoms with Crippen LogP contribution >= 0.6 is 8.58 Å². The highest BCUT2D eigenvalue weighted by Gasteiger charge is 2.10. The Bertz CT molecular complexity index is 593. The number of anilines is 1. The average molecular weight is 273 g/mol. The van der Waals surface area contributed by atoms with E-state index in [0.717, 1.165) is 5.30 Å².